The number of nitrogens with two attached hydrogens (primary N) is 1. The number of nitriles is 1. The van der Waals surface area contributed by atoms with Crippen molar-refractivity contribution in [2.75, 3.05) is 0 Å². The van der Waals surface area contributed by atoms with Gasteiger partial charge in [0, 0.05) is 22.9 Å². The third kappa shape index (κ3) is 2.40. The summed E-state index contributed by atoms with van der Waals surface area (Å²) in [6.07, 6.45) is 0. The third-order valence-corrected chi connectivity index (χ3v) is 4.58. The van der Waals surface area contributed by atoms with Crippen LogP contribution in [0, 0.1) is 17.1 Å². The number of fused-ring (bicyclic) bond motifs is 3. The Hall–Kier alpha value is -3.65. The fourth-order valence-corrected chi connectivity index (χ4v) is 3.43. The van der Waals surface area contributed by atoms with Gasteiger partial charge in [-0.25, -0.2) is 4.39 Å². The van der Waals surface area contributed by atoms with Crippen molar-refractivity contribution in [1.82, 2.24) is 4.57 Å². The molecule has 1 heterocycles. The molecule has 0 radical (unpaired) electrons. The Morgan fingerprint density at radius 2 is 1.88 bits per heavy atom. The topological polar surface area (TPSA) is 71.8 Å². The van der Waals surface area contributed by atoms with Crippen molar-refractivity contribution in [3.8, 4) is 6.07 Å². The molecule has 26 heavy (non-hydrogen) atoms. The molecule has 4 rings (SSSR count). The standard InChI is InChI=1S/C21H14FN3O/c22-15-8-9-16-19(10-15)25(12-14-5-2-1-4-13(14)11-23)18-7-3-6-17(20(16)18)21(24)26/h1-10H,12H2,(H2,24,26). The molecule has 1 amide bonds. The molecule has 0 atom stereocenters. The van der Waals surface area contributed by atoms with Gasteiger partial charge in [-0.2, -0.15) is 5.26 Å². The maximum Gasteiger partial charge on any atom is 0.249 e. The van der Waals surface area contributed by atoms with Gasteiger partial charge in [-0.3, -0.25) is 4.79 Å². The van der Waals surface area contributed by atoms with Crippen LogP contribution in [0.2, 0.25) is 0 Å². The van der Waals surface area contributed by atoms with Gasteiger partial charge in [-0.05, 0) is 42.0 Å². The summed E-state index contributed by atoms with van der Waals surface area (Å²) in [5.41, 5.74) is 8.75. The van der Waals surface area contributed by atoms with E-state index in [-0.39, 0.29) is 5.82 Å². The molecular formula is C21H14FN3O. The molecule has 0 aliphatic heterocycles. The van der Waals surface area contributed by atoms with E-state index in [1.54, 1.807) is 30.3 Å². The van der Waals surface area contributed by atoms with E-state index in [2.05, 4.69) is 6.07 Å². The van der Waals surface area contributed by atoms with Crippen LogP contribution in [0.25, 0.3) is 21.8 Å². The molecule has 126 valence electrons. The number of carbonyl (C=O) groups excluding carboxylic acids is 1. The fraction of sp³-hybridized carbons (Fsp3) is 0.0476. The Morgan fingerprint density at radius 3 is 2.65 bits per heavy atom. The first kappa shape index (κ1) is 15.9. The van der Waals surface area contributed by atoms with Crippen molar-refractivity contribution in [2.24, 2.45) is 5.73 Å². The third-order valence-electron chi connectivity index (χ3n) is 4.58. The number of aromatic nitrogens is 1. The van der Waals surface area contributed by atoms with Crippen molar-refractivity contribution in [3.63, 3.8) is 0 Å². The molecule has 0 aliphatic carbocycles. The molecule has 1 aromatic heterocycles. The van der Waals surface area contributed by atoms with Crippen LogP contribution in [0.15, 0.2) is 60.7 Å². The average molecular weight is 343 g/mol. The molecule has 4 nitrogen and oxygen atoms in total. The Bertz CT molecular complexity index is 1220. The average Bonchev–Trinajstić information content (AvgIpc) is 2.95. The highest BCUT2D eigenvalue weighted by molar-refractivity contribution is 6.17. The van der Waals surface area contributed by atoms with Gasteiger partial charge in [0.25, 0.3) is 0 Å². The van der Waals surface area contributed by atoms with Crippen LogP contribution in [0.3, 0.4) is 0 Å². The maximum absolute atomic E-state index is 13.9. The van der Waals surface area contributed by atoms with Gasteiger partial charge < -0.3 is 10.3 Å². The van der Waals surface area contributed by atoms with E-state index < -0.39 is 5.91 Å². The molecule has 0 saturated heterocycles. The second-order valence-corrected chi connectivity index (χ2v) is 6.08. The summed E-state index contributed by atoms with van der Waals surface area (Å²) < 4.78 is 15.8. The number of hydrogen-bond acceptors (Lipinski definition) is 2. The monoisotopic (exact) mass is 343 g/mol. The minimum atomic E-state index is -0.531. The predicted molar refractivity (Wildman–Crippen MR) is 98.2 cm³/mol. The Kier molecular flexibility index (Phi) is 3.67. The lowest BCUT2D eigenvalue weighted by molar-refractivity contribution is 0.100. The first-order valence-electron chi connectivity index (χ1n) is 8.08. The summed E-state index contributed by atoms with van der Waals surface area (Å²) in [5, 5.41) is 10.8. The van der Waals surface area contributed by atoms with Crippen LogP contribution in [-0.4, -0.2) is 10.5 Å². The second-order valence-electron chi connectivity index (χ2n) is 6.08. The van der Waals surface area contributed by atoms with E-state index in [1.165, 1.54) is 12.1 Å². The van der Waals surface area contributed by atoms with Crippen LogP contribution >= 0.6 is 0 Å². The van der Waals surface area contributed by atoms with E-state index in [0.717, 1.165) is 16.5 Å². The van der Waals surface area contributed by atoms with Crippen LogP contribution < -0.4 is 5.73 Å². The van der Waals surface area contributed by atoms with E-state index in [0.29, 0.717) is 28.6 Å². The summed E-state index contributed by atoms with van der Waals surface area (Å²) in [6.45, 7) is 0.384. The van der Waals surface area contributed by atoms with Crippen molar-refractivity contribution in [3.05, 3.63) is 83.2 Å². The maximum atomic E-state index is 13.9. The molecule has 5 heteroatoms. The SMILES string of the molecule is N#Cc1ccccc1Cn1c2cc(F)ccc2c2c(C(N)=O)cccc21. The first-order chi connectivity index (χ1) is 12.6. The minimum absolute atomic E-state index is 0.365. The molecule has 0 unspecified atom stereocenters. The van der Waals surface area contributed by atoms with Crippen molar-refractivity contribution in [1.29, 1.82) is 5.26 Å². The Morgan fingerprint density at radius 1 is 1.08 bits per heavy atom. The highest BCUT2D eigenvalue weighted by atomic mass is 19.1. The summed E-state index contributed by atoms with van der Waals surface area (Å²) in [5.74, 6) is -0.896. The first-order valence-corrected chi connectivity index (χ1v) is 8.08. The van der Waals surface area contributed by atoms with E-state index >= 15 is 0 Å². The number of benzene rings is 3. The van der Waals surface area contributed by atoms with Crippen LogP contribution in [0.4, 0.5) is 4.39 Å². The quantitative estimate of drug-likeness (QED) is 0.612. The summed E-state index contributed by atoms with van der Waals surface area (Å²) in [6, 6.07) is 19.2. The molecule has 2 N–H and O–H groups in total. The van der Waals surface area contributed by atoms with Gasteiger partial charge >= 0.3 is 0 Å². The number of carbonyl (C=O) groups is 1. The lowest BCUT2D eigenvalue weighted by atomic mass is 10.1. The summed E-state index contributed by atoms with van der Waals surface area (Å²) >= 11 is 0. The lowest BCUT2D eigenvalue weighted by Gasteiger charge is -2.09. The minimum Gasteiger partial charge on any atom is -0.366 e. The van der Waals surface area contributed by atoms with Crippen LogP contribution in [0.1, 0.15) is 21.5 Å². The molecule has 0 fully saturated rings. The van der Waals surface area contributed by atoms with Gasteiger partial charge in [0.2, 0.25) is 5.91 Å². The second kappa shape index (κ2) is 6.01. The lowest BCUT2D eigenvalue weighted by Crippen LogP contribution is -2.11. The molecule has 0 bridgehead atoms. The van der Waals surface area contributed by atoms with Crippen molar-refractivity contribution < 1.29 is 9.18 Å². The summed E-state index contributed by atoms with van der Waals surface area (Å²) in [7, 11) is 0. The highest BCUT2D eigenvalue weighted by Crippen LogP contribution is 2.33. The van der Waals surface area contributed by atoms with Gasteiger partial charge in [0.1, 0.15) is 5.82 Å². The number of rotatable bonds is 3. The van der Waals surface area contributed by atoms with Crippen molar-refractivity contribution in [2.45, 2.75) is 6.54 Å². The molecule has 3 aromatic carbocycles. The zero-order chi connectivity index (χ0) is 18.3. The number of amides is 1. The van der Waals surface area contributed by atoms with Gasteiger partial charge in [0.05, 0.1) is 22.7 Å². The fourth-order valence-electron chi connectivity index (χ4n) is 3.43. The van der Waals surface area contributed by atoms with Gasteiger partial charge in [-0.15, -0.1) is 0 Å². The molecule has 0 saturated carbocycles. The number of nitrogens with zero attached hydrogens (tertiary/aromatic N) is 2. The Balaban J connectivity index is 2.07. The van der Waals surface area contributed by atoms with Crippen LogP contribution in [0.5, 0.6) is 0 Å². The largest absolute Gasteiger partial charge is 0.366 e. The highest BCUT2D eigenvalue weighted by Gasteiger charge is 2.17. The van der Waals surface area contributed by atoms with E-state index in [9.17, 15) is 14.4 Å². The van der Waals surface area contributed by atoms with Crippen molar-refractivity contribution >= 4 is 27.7 Å². The zero-order valence-electron chi connectivity index (χ0n) is 13.7. The predicted octanol–water partition coefficient (Wildman–Crippen LogP) is 3.95. The Labute approximate surface area is 148 Å². The number of primary amides is 1. The van der Waals surface area contributed by atoms with Gasteiger partial charge in [0.15, 0.2) is 0 Å². The van der Waals surface area contributed by atoms with E-state index in [4.69, 9.17) is 5.73 Å². The van der Waals surface area contributed by atoms with Crippen LogP contribution in [-0.2, 0) is 6.54 Å². The van der Waals surface area contributed by atoms with Gasteiger partial charge in [-0.1, -0.05) is 24.3 Å². The smallest absolute Gasteiger partial charge is 0.249 e. The number of hydrogen-bond donors (Lipinski definition) is 1. The number of halogens is 1. The molecule has 0 spiro atoms. The molecule has 4 aromatic rings. The normalized spacial score (nSPS) is 10.9. The summed E-state index contributed by atoms with van der Waals surface area (Å²) in [4.78, 5) is 11.9. The zero-order valence-corrected chi connectivity index (χ0v) is 13.7. The molecular weight excluding hydrogens is 329 g/mol. The molecule has 0 aliphatic rings. The van der Waals surface area contributed by atoms with E-state index in [1.807, 2.05) is 22.8 Å².